The molecular weight excluding hydrogens is 268 g/mol. The minimum absolute atomic E-state index is 0.0546. The standard InChI is InChI=1S/C16H26N2O3/c1-3-21-13-9-12(16(13)6-4-5-7-16)17-15(20)11-8-14(19)18(2)10-11/h11-13H,3-10H2,1-2H3,(H,17,20)/t11-,12-,13+/m0/s1. The first-order valence-electron chi connectivity index (χ1n) is 8.23. The van der Waals surface area contributed by atoms with Crippen LogP contribution in [0.2, 0.25) is 0 Å². The van der Waals surface area contributed by atoms with Crippen molar-refractivity contribution in [1.29, 1.82) is 0 Å². The van der Waals surface area contributed by atoms with Crippen LogP contribution in [0.4, 0.5) is 0 Å². The molecule has 3 atom stereocenters. The molecule has 2 amide bonds. The van der Waals surface area contributed by atoms with Crippen molar-refractivity contribution < 1.29 is 14.3 Å². The van der Waals surface area contributed by atoms with Crippen molar-refractivity contribution in [2.24, 2.45) is 11.3 Å². The average Bonchev–Trinajstić information content (AvgIpc) is 3.07. The second kappa shape index (κ2) is 5.59. The molecule has 0 aromatic carbocycles. The van der Waals surface area contributed by atoms with E-state index < -0.39 is 0 Å². The first-order chi connectivity index (χ1) is 10.1. The van der Waals surface area contributed by atoms with Crippen molar-refractivity contribution in [1.82, 2.24) is 10.2 Å². The maximum atomic E-state index is 12.4. The number of nitrogens with one attached hydrogen (secondary N) is 1. The number of rotatable bonds is 4. The Morgan fingerprint density at radius 3 is 2.71 bits per heavy atom. The van der Waals surface area contributed by atoms with Crippen LogP contribution >= 0.6 is 0 Å². The van der Waals surface area contributed by atoms with E-state index in [9.17, 15) is 9.59 Å². The average molecular weight is 294 g/mol. The van der Waals surface area contributed by atoms with Gasteiger partial charge in [-0.3, -0.25) is 9.59 Å². The third-order valence-corrected chi connectivity index (χ3v) is 5.72. The molecule has 0 radical (unpaired) electrons. The number of hydrogen-bond acceptors (Lipinski definition) is 3. The smallest absolute Gasteiger partial charge is 0.225 e. The summed E-state index contributed by atoms with van der Waals surface area (Å²) in [6.07, 6.45) is 6.38. The van der Waals surface area contributed by atoms with E-state index in [0.717, 1.165) is 25.9 Å². The molecule has 0 aromatic heterocycles. The highest BCUT2D eigenvalue weighted by atomic mass is 16.5. The molecule has 0 bridgehead atoms. The molecule has 1 N–H and O–H groups in total. The van der Waals surface area contributed by atoms with E-state index in [-0.39, 0.29) is 29.2 Å². The highest BCUT2D eigenvalue weighted by molar-refractivity contribution is 5.89. The molecule has 21 heavy (non-hydrogen) atoms. The van der Waals surface area contributed by atoms with Crippen LogP contribution in [-0.4, -0.2) is 49.1 Å². The van der Waals surface area contributed by atoms with Crippen molar-refractivity contribution in [2.75, 3.05) is 20.2 Å². The van der Waals surface area contributed by atoms with Gasteiger partial charge in [-0.15, -0.1) is 0 Å². The van der Waals surface area contributed by atoms with Gasteiger partial charge in [-0.2, -0.15) is 0 Å². The normalized spacial score (nSPS) is 34.3. The van der Waals surface area contributed by atoms with Crippen LogP contribution in [0, 0.1) is 11.3 Å². The number of nitrogens with zero attached hydrogens (tertiary/aromatic N) is 1. The monoisotopic (exact) mass is 294 g/mol. The van der Waals surface area contributed by atoms with E-state index in [2.05, 4.69) is 5.32 Å². The summed E-state index contributed by atoms with van der Waals surface area (Å²) in [6.45, 7) is 3.34. The van der Waals surface area contributed by atoms with E-state index in [0.29, 0.717) is 19.1 Å². The first-order valence-corrected chi connectivity index (χ1v) is 8.23. The van der Waals surface area contributed by atoms with E-state index in [1.165, 1.54) is 12.8 Å². The topological polar surface area (TPSA) is 58.6 Å². The summed E-state index contributed by atoms with van der Waals surface area (Å²) in [5.74, 6) is -0.0439. The van der Waals surface area contributed by atoms with Crippen LogP contribution in [0.25, 0.3) is 0 Å². The molecule has 2 saturated carbocycles. The second-order valence-corrected chi connectivity index (χ2v) is 6.86. The number of likely N-dealkylation sites (tertiary alicyclic amines) is 1. The van der Waals surface area contributed by atoms with Gasteiger partial charge < -0.3 is 15.0 Å². The fourth-order valence-electron chi connectivity index (χ4n) is 4.42. The van der Waals surface area contributed by atoms with Gasteiger partial charge >= 0.3 is 0 Å². The van der Waals surface area contributed by atoms with Crippen molar-refractivity contribution >= 4 is 11.8 Å². The van der Waals surface area contributed by atoms with Gasteiger partial charge in [0.25, 0.3) is 0 Å². The summed E-state index contributed by atoms with van der Waals surface area (Å²) in [5.41, 5.74) is 0.167. The van der Waals surface area contributed by atoms with Crippen molar-refractivity contribution in [2.45, 2.75) is 57.6 Å². The minimum atomic E-state index is -0.174. The molecule has 1 spiro atoms. The molecular formula is C16H26N2O3. The molecule has 1 aliphatic heterocycles. The zero-order chi connectivity index (χ0) is 15.0. The van der Waals surface area contributed by atoms with E-state index in [1.807, 2.05) is 6.92 Å². The predicted molar refractivity (Wildman–Crippen MR) is 78.6 cm³/mol. The Morgan fingerprint density at radius 1 is 1.43 bits per heavy atom. The zero-order valence-corrected chi connectivity index (χ0v) is 13.1. The largest absolute Gasteiger partial charge is 0.378 e. The van der Waals surface area contributed by atoms with Crippen molar-refractivity contribution in [3.05, 3.63) is 0 Å². The van der Waals surface area contributed by atoms with Gasteiger partial charge in [-0.25, -0.2) is 0 Å². The van der Waals surface area contributed by atoms with E-state index in [1.54, 1.807) is 11.9 Å². The Labute approximate surface area is 126 Å². The summed E-state index contributed by atoms with van der Waals surface area (Å²) >= 11 is 0. The lowest BCUT2D eigenvalue weighted by molar-refractivity contribution is -0.146. The molecule has 5 nitrogen and oxygen atoms in total. The van der Waals surface area contributed by atoms with Crippen LogP contribution in [0.5, 0.6) is 0 Å². The lowest BCUT2D eigenvalue weighted by atomic mass is 9.60. The second-order valence-electron chi connectivity index (χ2n) is 6.86. The molecule has 3 rings (SSSR count). The summed E-state index contributed by atoms with van der Waals surface area (Å²) in [5, 5.41) is 3.22. The van der Waals surface area contributed by atoms with Gasteiger partial charge in [-0.1, -0.05) is 12.8 Å². The maximum absolute atomic E-state index is 12.4. The fraction of sp³-hybridized carbons (Fsp3) is 0.875. The highest BCUT2D eigenvalue weighted by Gasteiger charge is 2.57. The molecule has 5 heteroatoms. The van der Waals surface area contributed by atoms with Crippen LogP contribution < -0.4 is 5.32 Å². The Morgan fingerprint density at radius 2 is 2.14 bits per heavy atom. The predicted octanol–water partition coefficient (Wildman–Crippen LogP) is 1.32. The van der Waals surface area contributed by atoms with Gasteiger partial charge in [-0.05, 0) is 26.2 Å². The fourth-order valence-corrected chi connectivity index (χ4v) is 4.42. The minimum Gasteiger partial charge on any atom is -0.378 e. The molecule has 0 aromatic rings. The number of ether oxygens (including phenoxy) is 1. The number of carbonyl (C=O) groups excluding carboxylic acids is 2. The molecule has 3 fully saturated rings. The van der Waals surface area contributed by atoms with Gasteiger partial charge in [0.05, 0.1) is 12.0 Å². The SMILES string of the molecule is CCO[C@@H]1C[C@H](NC(=O)[C@H]2CC(=O)N(C)C2)C12CCCC2. The quantitative estimate of drug-likeness (QED) is 0.850. The van der Waals surface area contributed by atoms with E-state index >= 15 is 0 Å². The van der Waals surface area contributed by atoms with Crippen LogP contribution in [0.15, 0.2) is 0 Å². The molecule has 0 unspecified atom stereocenters. The third-order valence-electron chi connectivity index (χ3n) is 5.72. The number of hydrogen-bond donors (Lipinski definition) is 1. The Balaban J connectivity index is 1.60. The summed E-state index contributed by atoms with van der Waals surface area (Å²) < 4.78 is 5.87. The zero-order valence-electron chi connectivity index (χ0n) is 13.1. The maximum Gasteiger partial charge on any atom is 0.225 e. The van der Waals surface area contributed by atoms with Crippen LogP contribution in [0.3, 0.4) is 0 Å². The molecule has 1 heterocycles. The molecule has 118 valence electrons. The Hall–Kier alpha value is -1.10. The number of amides is 2. The summed E-state index contributed by atoms with van der Waals surface area (Å²) in [4.78, 5) is 25.6. The van der Waals surface area contributed by atoms with E-state index in [4.69, 9.17) is 4.74 Å². The third kappa shape index (κ3) is 2.45. The van der Waals surface area contributed by atoms with Gasteiger partial charge in [0.15, 0.2) is 0 Å². The molecule has 2 aliphatic carbocycles. The van der Waals surface area contributed by atoms with Crippen molar-refractivity contribution in [3.63, 3.8) is 0 Å². The molecule has 3 aliphatic rings. The van der Waals surface area contributed by atoms with Crippen LogP contribution in [-0.2, 0) is 14.3 Å². The summed E-state index contributed by atoms with van der Waals surface area (Å²) in [7, 11) is 1.77. The van der Waals surface area contributed by atoms with Crippen LogP contribution in [0.1, 0.15) is 45.4 Å². The van der Waals surface area contributed by atoms with Gasteiger partial charge in [0.2, 0.25) is 11.8 Å². The lowest BCUT2D eigenvalue weighted by Gasteiger charge is -2.54. The molecule has 1 saturated heterocycles. The Bertz CT molecular complexity index is 431. The highest BCUT2D eigenvalue weighted by Crippen LogP contribution is 2.54. The Kier molecular flexibility index (Phi) is 3.95. The lowest BCUT2D eigenvalue weighted by Crippen LogP contribution is -2.64. The first kappa shape index (κ1) is 14.8. The number of carbonyl (C=O) groups is 2. The van der Waals surface area contributed by atoms with Gasteiger partial charge in [0.1, 0.15) is 0 Å². The van der Waals surface area contributed by atoms with Crippen molar-refractivity contribution in [3.8, 4) is 0 Å². The summed E-state index contributed by atoms with van der Waals surface area (Å²) in [6, 6.07) is 0.241. The van der Waals surface area contributed by atoms with Gasteiger partial charge in [0, 0.05) is 38.1 Å².